The number of aromatic nitrogens is 1. The molecule has 1 aliphatic carbocycles. The molecule has 1 nitrogen and oxygen atoms in total. The lowest BCUT2D eigenvalue weighted by molar-refractivity contribution is 0.499. The number of H-pyrrole nitrogens is 1. The van der Waals surface area contributed by atoms with Crippen molar-refractivity contribution >= 4 is 10.9 Å². The van der Waals surface area contributed by atoms with E-state index in [9.17, 15) is 0 Å². The SMILES string of the molecule is Cc1ccc2[nH]c3c(c2c1C)CC(C)CC3. The number of nitrogens with one attached hydrogen (secondary N) is 1. The van der Waals surface area contributed by atoms with Gasteiger partial charge in [0, 0.05) is 16.6 Å². The molecule has 1 aromatic heterocycles. The van der Waals surface area contributed by atoms with Crippen LogP contribution in [0.5, 0.6) is 0 Å². The van der Waals surface area contributed by atoms with Crippen molar-refractivity contribution in [3.63, 3.8) is 0 Å². The zero-order valence-electron chi connectivity index (χ0n) is 10.4. The van der Waals surface area contributed by atoms with Gasteiger partial charge in [-0.05, 0) is 61.8 Å². The first-order valence-corrected chi connectivity index (χ1v) is 6.26. The van der Waals surface area contributed by atoms with Gasteiger partial charge in [-0.15, -0.1) is 0 Å². The topological polar surface area (TPSA) is 15.8 Å². The Bertz CT molecular complexity index is 548. The van der Waals surface area contributed by atoms with Crippen molar-refractivity contribution in [2.45, 2.75) is 40.0 Å². The number of benzene rings is 1. The summed E-state index contributed by atoms with van der Waals surface area (Å²) in [6.45, 7) is 6.83. The molecule has 1 heterocycles. The number of aromatic amines is 1. The molecule has 1 heteroatoms. The van der Waals surface area contributed by atoms with E-state index < -0.39 is 0 Å². The van der Waals surface area contributed by atoms with Crippen LogP contribution in [0.25, 0.3) is 10.9 Å². The first-order valence-electron chi connectivity index (χ1n) is 6.26. The summed E-state index contributed by atoms with van der Waals surface area (Å²) in [4.78, 5) is 3.60. The van der Waals surface area contributed by atoms with Gasteiger partial charge < -0.3 is 4.98 Å². The molecule has 0 bridgehead atoms. The van der Waals surface area contributed by atoms with Gasteiger partial charge in [-0.25, -0.2) is 0 Å². The van der Waals surface area contributed by atoms with E-state index in [1.807, 2.05) is 0 Å². The van der Waals surface area contributed by atoms with E-state index in [1.54, 1.807) is 5.56 Å². The highest BCUT2D eigenvalue weighted by Gasteiger charge is 2.20. The third-order valence-electron chi connectivity index (χ3n) is 4.13. The molecule has 1 aromatic carbocycles. The molecular formula is C15H19N. The van der Waals surface area contributed by atoms with Gasteiger partial charge in [-0.1, -0.05) is 13.0 Å². The van der Waals surface area contributed by atoms with Gasteiger partial charge in [0.15, 0.2) is 0 Å². The second-order valence-corrected chi connectivity index (χ2v) is 5.36. The van der Waals surface area contributed by atoms with E-state index in [0.717, 1.165) is 5.92 Å². The van der Waals surface area contributed by atoms with Gasteiger partial charge in [-0.3, -0.25) is 0 Å². The Hall–Kier alpha value is -1.24. The molecule has 0 spiro atoms. The smallest absolute Gasteiger partial charge is 0.0461 e. The highest BCUT2D eigenvalue weighted by Crippen LogP contribution is 2.34. The minimum absolute atomic E-state index is 0.839. The predicted molar refractivity (Wildman–Crippen MR) is 69.0 cm³/mol. The maximum atomic E-state index is 3.60. The Balaban J connectivity index is 2.32. The van der Waals surface area contributed by atoms with E-state index >= 15 is 0 Å². The lowest BCUT2D eigenvalue weighted by Crippen LogP contribution is -2.10. The van der Waals surface area contributed by atoms with E-state index in [4.69, 9.17) is 0 Å². The fourth-order valence-electron chi connectivity index (χ4n) is 2.98. The average molecular weight is 213 g/mol. The van der Waals surface area contributed by atoms with Gasteiger partial charge >= 0.3 is 0 Å². The van der Waals surface area contributed by atoms with Crippen LogP contribution >= 0.6 is 0 Å². The van der Waals surface area contributed by atoms with Crippen LogP contribution in [0.3, 0.4) is 0 Å². The summed E-state index contributed by atoms with van der Waals surface area (Å²) in [6, 6.07) is 4.46. The molecule has 3 rings (SSSR count). The van der Waals surface area contributed by atoms with Crippen LogP contribution in [-0.4, -0.2) is 4.98 Å². The summed E-state index contributed by atoms with van der Waals surface area (Å²) in [6.07, 6.45) is 3.81. The number of rotatable bonds is 0. The standard InChI is InChI=1S/C15H19N/c1-9-4-6-13-12(8-9)15-11(3)10(2)5-7-14(15)16-13/h5,7,9,16H,4,6,8H2,1-3H3. The molecule has 1 aliphatic rings. The molecule has 1 unspecified atom stereocenters. The Morgan fingerprint density at radius 3 is 2.88 bits per heavy atom. The molecule has 0 aliphatic heterocycles. The minimum atomic E-state index is 0.839. The van der Waals surface area contributed by atoms with Gasteiger partial charge in [0.25, 0.3) is 0 Å². The Kier molecular flexibility index (Phi) is 2.10. The van der Waals surface area contributed by atoms with Gasteiger partial charge in [0.2, 0.25) is 0 Å². The number of hydrogen-bond acceptors (Lipinski definition) is 0. The van der Waals surface area contributed by atoms with Crippen molar-refractivity contribution in [2.24, 2.45) is 5.92 Å². The summed E-state index contributed by atoms with van der Waals surface area (Å²) in [5.74, 6) is 0.839. The molecular weight excluding hydrogens is 194 g/mol. The zero-order chi connectivity index (χ0) is 11.3. The third kappa shape index (κ3) is 1.31. The summed E-state index contributed by atoms with van der Waals surface area (Å²) in [5.41, 5.74) is 7.29. The molecule has 84 valence electrons. The fourth-order valence-corrected chi connectivity index (χ4v) is 2.98. The molecule has 16 heavy (non-hydrogen) atoms. The summed E-state index contributed by atoms with van der Waals surface area (Å²) in [7, 11) is 0. The molecule has 0 fully saturated rings. The lowest BCUT2D eigenvalue weighted by Gasteiger charge is -2.18. The predicted octanol–water partition coefficient (Wildman–Crippen LogP) is 3.91. The van der Waals surface area contributed by atoms with Crippen molar-refractivity contribution in [1.82, 2.24) is 4.98 Å². The maximum Gasteiger partial charge on any atom is 0.0461 e. The first kappa shape index (κ1) is 9.95. The minimum Gasteiger partial charge on any atom is -0.358 e. The van der Waals surface area contributed by atoms with Crippen molar-refractivity contribution in [2.75, 3.05) is 0 Å². The Labute approximate surface area is 96.9 Å². The quantitative estimate of drug-likeness (QED) is 0.683. The number of fused-ring (bicyclic) bond motifs is 3. The second-order valence-electron chi connectivity index (χ2n) is 5.36. The highest BCUT2D eigenvalue weighted by atomic mass is 14.7. The Morgan fingerprint density at radius 2 is 2.06 bits per heavy atom. The summed E-state index contributed by atoms with van der Waals surface area (Å²) in [5, 5.41) is 1.50. The maximum absolute atomic E-state index is 3.60. The molecule has 1 N–H and O–H groups in total. The molecule has 0 radical (unpaired) electrons. The van der Waals surface area contributed by atoms with E-state index in [-0.39, 0.29) is 0 Å². The van der Waals surface area contributed by atoms with Crippen molar-refractivity contribution in [1.29, 1.82) is 0 Å². The fraction of sp³-hybridized carbons (Fsp3) is 0.467. The lowest BCUT2D eigenvalue weighted by atomic mass is 9.86. The third-order valence-corrected chi connectivity index (χ3v) is 4.13. The van der Waals surface area contributed by atoms with Crippen LogP contribution in [0.1, 0.15) is 35.7 Å². The first-order chi connectivity index (χ1) is 7.66. The molecule has 0 saturated carbocycles. The van der Waals surface area contributed by atoms with E-state index in [1.165, 1.54) is 47.0 Å². The highest BCUT2D eigenvalue weighted by molar-refractivity contribution is 5.89. The molecule has 0 saturated heterocycles. The van der Waals surface area contributed by atoms with Crippen molar-refractivity contribution < 1.29 is 0 Å². The second kappa shape index (κ2) is 3.38. The molecule has 1 atom stereocenters. The largest absolute Gasteiger partial charge is 0.358 e. The van der Waals surface area contributed by atoms with E-state index in [0.29, 0.717) is 0 Å². The van der Waals surface area contributed by atoms with E-state index in [2.05, 4.69) is 37.9 Å². The normalized spacial score (nSPS) is 20.1. The van der Waals surface area contributed by atoms with Gasteiger partial charge in [-0.2, -0.15) is 0 Å². The van der Waals surface area contributed by atoms with Crippen molar-refractivity contribution in [3.8, 4) is 0 Å². The van der Waals surface area contributed by atoms with Crippen LogP contribution in [-0.2, 0) is 12.8 Å². The van der Waals surface area contributed by atoms with Crippen LogP contribution in [0.2, 0.25) is 0 Å². The monoisotopic (exact) mass is 213 g/mol. The Morgan fingerprint density at radius 1 is 1.25 bits per heavy atom. The summed E-state index contributed by atoms with van der Waals surface area (Å²) >= 11 is 0. The van der Waals surface area contributed by atoms with Crippen LogP contribution in [0.15, 0.2) is 12.1 Å². The van der Waals surface area contributed by atoms with Crippen LogP contribution in [0.4, 0.5) is 0 Å². The zero-order valence-corrected chi connectivity index (χ0v) is 10.4. The average Bonchev–Trinajstić information content (AvgIpc) is 2.62. The number of aryl methyl sites for hydroxylation is 3. The number of hydrogen-bond donors (Lipinski definition) is 1. The van der Waals surface area contributed by atoms with Crippen LogP contribution < -0.4 is 0 Å². The summed E-state index contributed by atoms with van der Waals surface area (Å²) < 4.78 is 0. The molecule has 2 aromatic rings. The van der Waals surface area contributed by atoms with Crippen molar-refractivity contribution in [3.05, 3.63) is 34.5 Å². The van der Waals surface area contributed by atoms with Gasteiger partial charge in [0.1, 0.15) is 0 Å². The van der Waals surface area contributed by atoms with Gasteiger partial charge in [0.05, 0.1) is 0 Å². The molecule has 0 amide bonds. The van der Waals surface area contributed by atoms with Crippen LogP contribution in [0, 0.1) is 19.8 Å².